The Morgan fingerprint density at radius 2 is 1.47 bits per heavy atom. The maximum atomic E-state index is 13.0. The third kappa shape index (κ3) is 3.69. The van der Waals surface area contributed by atoms with Crippen LogP contribution in [0.2, 0.25) is 10.0 Å². The van der Waals surface area contributed by atoms with E-state index >= 15 is 0 Å². The number of hydrogen-bond acceptors (Lipinski definition) is 4. The summed E-state index contributed by atoms with van der Waals surface area (Å²) < 4.78 is 5.81. The molecule has 0 atom stereocenters. The molecule has 0 saturated carbocycles. The first-order valence-electron chi connectivity index (χ1n) is 10.7. The van der Waals surface area contributed by atoms with E-state index in [2.05, 4.69) is 18.7 Å². The normalized spacial score (nSPS) is 20.1. The molecule has 1 heterocycles. The summed E-state index contributed by atoms with van der Waals surface area (Å²) >= 11 is 13.1. The van der Waals surface area contributed by atoms with Gasteiger partial charge in [-0.15, -0.1) is 0 Å². The number of nitrogens with zero attached hydrogens (tertiary/aromatic N) is 1. The highest BCUT2D eigenvalue weighted by molar-refractivity contribution is 6.37. The molecule has 0 fully saturated rings. The Hall–Kier alpha value is -1.78. The van der Waals surface area contributed by atoms with Crippen LogP contribution in [0.3, 0.4) is 0 Å². The molecule has 4 nitrogen and oxygen atoms in total. The zero-order valence-electron chi connectivity index (χ0n) is 17.7. The molecule has 30 heavy (non-hydrogen) atoms. The highest BCUT2D eigenvalue weighted by Crippen LogP contribution is 2.50. The molecule has 1 aliphatic heterocycles. The van der Waals surface area contributed by atoms with E-state index in [1.54, 1.807) is 0 Å². The van der Waals surface area contributed by atoms with Crippen LogP contribution in [-0.4, -0.2) is 30.1 Å². The van der Waals surface area contributed by atoms with Gasteiger partial charge in [0.25, 0.3) is 0 Å². The molecule has 0 N–H and O–H groups in total. The van der Waals surface area contributed by atoms with Gasteiger partial charge in [-0.25, -0.2) is 0 Å². The second kappa shape index (κ2) is 8.39. The molecule has 0 unspecified atom stereocenters. The Balaban J connectivity index is 1.86. The first-order chi connectivity index (χ1) is 14.3. The summed E-state index contributed by atoms with van der Waals surface area (Å²) in [5, 5.41) is 0.820. The van der Waals surface area contributed by atoms with Crippen LogP contribution in [0.15, 0.2) is 34.7 Å². The SMILES string of the molecule is CC(C)COc1c(Cl)cc(C2C3=C(CCCC3=O)N(C)C3=C2C(=O)CCC3)cc1Cl. The summed E-state index contributed by atoms with van der Waals surface area (Å²) in [6.07, 6.45) is 4.39. The molecular weight excluding hydrogens is 421 g/mol. The molecule has 6 heteroatoms. The number of hydrogen-bond donors (Lipinski definition) is 0. The van der Waals surface area contributed by atoms with Crippen molar-refractivity contribution < 1.29 is 14.3 Å². The number of carbonyl (C=O) groups is 2. The summed E-state index contributed by atoms with van der Waals surface area (Å²) in [5.74, 6) is 0.625. The Morgan fingerprint density at radius 3 is 1.93 bits per heavy atom. The van der Waals surface area contributed by atoms with E-state index in [1.165, 1.54) is 0 Å². The molecule has 1 aromatic carbocycles. The molecule has 0 spiro atoms. The summed E-state index contributed by atoms with van der Waals surface area (Å²) in [6.45, 7) is 4.62. The van der Waals surface area contributed by atoms with Gasteiger partial charge in [-0.05, 0) is 49.3 Å². The Morgan fingerprint density at radius 1 is 0.967 bits per heavy atom. The summed E-state index contributed by atoms with van der Waals surface area (Å²) in [6, 6.07) is 3.64. The van der Waals surface area contributed by atoms with Crippen LogP contribution >= 0.6 is 23.2 Å². The van der Waals surface area contributed by atoms with E-state index in [-0.39, 0.29) is 11.6 Å². The first kappa shape index (κ1) is 21.5. The average Bonchev–Trinajstić information content (AvgIpc) is 2.68. The van der Waals surface area contributed by atoms with Gasteiger partial charge in [-0.2, -0.15) is 0 Å². The van der Waals surface area contributed by atoms with Crippen LogP contribution in [-0.2, 0) is 9.59 Å². The molecule has 1 aromatic rings. The molecule has 3 aliphatic rings. The van der Waals surface area contributed by atoms with Crippen molar-refractivity contribution in [3.05, 3.63) is 50.3 Å². The van der Waals surface area contributed by atoms with Gasteiger partial charge < -0.3 is 9.64 Å². The van der Waals surface area contributed by atoms with Crippen LogP contribution in [0.4, 0.5) is 0 Å². The van der Waals surface area contributed by atoms with E-state index in [9.17, 15) is 9.59 Å². The van der Waals surface area contributed by atoms with Gasteiger partial charge in [0.05, 0.1) is 16.7 Å². The predicted octanol–water partition coefficient (Wildman–Crippen LogP) is 6.07. The number of carbonyl (C=O) groups excluding carboxylic acids is 2. The lowest BCUT2D eigenvalue weighted by Crippen LogP contribution is -2.37. The average molecular weight is 448 g/mol. The van der Waals surface area contributed by atoms with Crippen molar-refractivity contribution in [2.75, 3.05) is 13.7 Å². The predicted molar refractivity (Wildman–Crippen MR) is 119 cm³/mol. The topological polar surface area (TPSA) is 46.6 Å². The van der Waals surface area contributed by atoms with Crippen molar-refractivity contribution in [2.45, 2.75) is 58.3 Å². The quantitative estimate of drug-likeness (QED) is 0.561. The number of allylic oxidation sites excluding steroid dienone is 4. The largest absolute Gasteiger partial charge is 0.490 e. The standard InChI is InChI=1S/C24H27Cl2NO3/c1-13(2)12-30-24-15(25)10-14(11-16(24)26)21-22-17(6-4-8-19(22)28)27(3)18-7-5-9-20(29)23(18)21/h10-11,13,21H,4-9,12H2,1-3H3. The maximum Gasteiger partial charge on any atom is 0.161 e. The van der Waals surface area contributed by atoms with Crippen molar-refractivity contribution in [3.63, 3.8) is 0 Å². The second-order valence-corrected chi connectivity index (χ2v) is 9.60. The molecule has 0 saturated heterocycles. The summed E-state index contributed by atoms with van der Waals surface area (Å²) in [5.41, 5.74) is 4.34. The number of benzene rings is 1. The number of halogens is 2. The van der Waals surface area contributed by atoms with Gasteiger partial charge in [0.1, 0.15) is 0 Å². The third-order valence-corrected chi connectivity index (χ3v) is 6.72. The molecular formula is C24H27Cl2NO3. The van der Waals surface area contributed by atoms with Crippen molar-refractivity contribution in [3.8, 4) is 5.75 Å². The lowest BCUT2D eigenvalue weighted by molar-refractivity contribution is -0.117. The maximum absolute atomic E-state index is 13.0. The molecule has 160 valence electrons. The highest BCUT2D eigenvalue weighted by Gasteiger charge is 2.42. The highest BCUT2D eigenvalue weighted by atomic mass is 35.5. The van der Waals surface area contributed by atoms with Crippen molar-refractivity contribution >= 4 is 34.8 Å². The monoisotopic (exact) mass is 447 g/mol. The fourth-order valence-electron chi connectivity index (χ4n) is 4.82. The molecule has 0 amide bonds. The minimum atomic E-state index is -0.402. The van der Waals surface area contributed by atoms with Crippen molar-refractivity contribution in [1.29, 1.82) is 0 Å². The van der Waals surface area contributed by atoms with E-state index < -0.39 is 5.92 Å². The van der Waals surface area contributed by atoms with Gasteiger partial charge in [-0.3, -0.25) is 9.59 Å². The molecule has 0 bridgehead atoms. The molecule has 4 rings (SSSR count). The fraction of sp³-hybridized carbons (Fsp3) is 0.500. The third-order valence-electron chi connectivity index (χ3n) is 6.16. The van der Waals surface area contributed by atoms with Gasteiger partial charge in [-0.1, -0.05) is 37.0 Å². The fourth-order valence-corrected chi connectivity index (χ4v) is 5.43. The molecule has 0 aromatic heterocycles. The van der Waals surface area contributed by atoms with Gasteiger partial charge in [0.15, 0.2) is 17.3 Å². The van der Waals surface area contributed by atoms with Crippen LogP contribution in [0, 0.1) is 5.92 Å². The van der Waals surface area contributed by atoms with Crippen LogP contribution in [0.25, 0.3) is 0 Å². The molecule has 2 aliphatic carbocycles. The Labute approximate surface area is 187 Å². The van der Waals surface area contributed by atoms with E-state index in [0.29, 0.717) is 41.2 Å². The lowest BCUT2D eigenvalue weighted by Gasteiger charge is -2.42. The van der Waals surface area contributed by atoms with E-state index in [0.717, 1.165) is 53.8 Å². The number of ketones is 2. The van der Waals surface area contributed by atoms with Crippen LogP contribution < -0.4 is 4.74 Å². The Kier molecular flexibility index (Phi) is 6.00. The smallest absolute Gasteiger partial charge is 0.161 e. The van der Waals surface area contributed by atoms with Gasteiger partial charge >= 0.3 is 0 Å². The van der Waals surface area contributed by atoms with Gasteiger partial charge in [0.2, 0.25) is 0 Å². The van der Waals surface area contributed by atoms with Crippen LogP contribution in [0.1, 0.15) is 63.9 Å². The van der Waals surface area contributed by atoms with Gasteiger partial charge in [0, 0.05) is 48.3 Å². The van der Waals surface area contributed by atoms with Crippen molar-refractivity contribution in [1.82, 2.24) is 4.90 Å². The second-order valence-electron chi connectivity index (χ2n) is 8.78. The van der Waals surface area contributed by atoms with Crippen LogP contribution in [0.5, 0.6) is 5.75 Å². The molecule has 0 radical (unpaired) electrons. The summed E-state index contributed by atoms with van der Waals surface area (Å²) in [4.78, 5) is 28.2. The van der Waals surface area contributed by atoms with E-state index in [4.69, 9.17) is 27.9 Å². The number of Topliss-reactive ketones (excluding diaryl/α,β-unsaturated/α-hetero) is 2. The lowest BCUT2D eigenvalue weighted by atomic mass is 9.71. The number of ether oxygens (including phenoxy) is 1. The minimum Gasteiger partial charge on any atom is -0.490 e. The Bertz CT molecular complexity index is 910. The number of rotatable bonds is 4. The van der Waals surface area contributed by atoms with E-state index in [1.807, 2.05) is 19.2 Å². The van der Waals surface area contributed by atoms with Crippen molar-refractivity contribution in [2.24, 2.45) is 5.92 Å². The minimum absolute atomic E-state index is 0.116. The zero-order valence-corrected chi connectivity index (χ0v) is 19.2. The summed E-state index contributed by atoms with van der Waals surface area (Å²) in [7, 11) is 1.99. The first-order valence-corrected chi connectivity index (χ1v) is 11.4. The zero-order chi connectivity index (χ0) is 21.6.